The number of benzene rings is 2. The van der Waals surface area contributed by atoms with Crippen molar-refractivity contribution in [2.75, 3.05) is 19.5 Å². The molecule has 23 heavy (non-hydrogen) atoms. The third-order valence-corrected chi connectivity index (χ3v) is 4.29. The van der Waals surface area contributed by atoms with Gasteiger partial charge in [0.05, 0.1) is 7.11 Å². The molecule has 0 heterocycles. The molecule has 0 unspecified atom stereocenters. The average Bonchev–Trinajstić information content (AvgIpc) is 2.55. The molecule has 5 heteroatoms. The van der Waals surface area contributed by atoms with Gasteiger partial charge < -0.3 is 15.0 Å². The Morgan fingerprint density at radius 2 is 1.96 bits per heavy atom. The molecule has 0 radical (unpaired) electrons. The molecule has 0 spiro atoms. The third kappa shape index (κ3) is 4.60. The van der Waals surface area contributed by atoms with Gasteiger partial charge in [-0.2, -0.15) is 0 Å². The van der Waals surface area contributed by atoms with Crippen molar-refractivity contribution in [1.82, 2.24) is 4.90 Å². The molecule has 2 aromatic carbocycles. The van der Waals surface area contributed by atoms with Crippen LogP contribution in [0.4, 0.5) is 5.69 Å². The van der Waals surface area contributed by atoms with Crippen LogP contribution in [-0.4, -0.2) is 24.2 Å². The van der Waals surface area contributed by atoms with Crippen LogP contribution < -0.4 is 10.1 Å². The summed E-state index contributed by atoms with van der Waals surface area (Å²) in [7, 11) is 3.60. The zero-order valence-corrected chi connectivity index (χ0v) is 15.2. The van der Waals surface area contributed by atoms with Gasteiger partial charge >= 0.3 is 0 Å². The van der Waals surface area contributed by atoms with Crippen LogP contribution >= 0.6 is 23.8 Å². The zero-order chi connectivity index (χ0) is 16.8. The van der Waals surface area contributed by atoms with Gasteiger partial charge in [0.1, 0.15) is 5.75 Å². The molecule has 3 nitrogen and oxygen atoms in total. The fourth-order valence-corrected chi connectivity index (χ4v) is 2.73. The lowest BCUT2D eigenvalue weighted by molar-refractivity contribution is 0.399. The fraction of sp³-hybridized carbons (Fsp3) is 0.278. The Balaban J connectivity index is 2.10. The Hall–Kier alpha value is -1.78. The van der Waals surface area contributed by atoms with Crippen molar-refractivity contribution >= 4 is 34.6 Å². The zero-order valence-electron chi connectivity index (χ0n) is 13.6. The summed E-state index contributed by atoms with van der Waals surface area (Å²) >= 11 is 11.6. The molecule has 0 aliphatic rings. The van der Waals surface area contributed by atoms with Crippen LogP contribution in [-0.2, 0) is 13.0 Å². The average molecular weight is 349 g/mol. The normalized spacial score (nSPS) is 10.3. The summed E-state index contributed by atoms with van der Waals surface area (Å²) in [5, 5.41) is 4.66. The number of para-hydroxylation sites is 1. The van der Waals surface area contributed by atoms with Gasteiger partial charge in [0.25, 0.3) is 0 Å². The third-order valence-electron chi connectivity index (χ3n) is 3.64. The van der Waals surface area contributed by atoms with Crippen LogP contribution in [0, 0.1) is 0 Å². The molecule has 1 N–H and O–H groups in total. The maximum Gasteiger partial charge on any atom is 0.173 e. The number of hydrogen-bond acceptors (Lipinski definition) is 2. The maximum atomic E-state index is 6.08. The van der Waals surface area contributed by atoms with Gasteiger partial charge in [0.2, 0.25) is 0 Å². The Kier molecular flexibility index (Phi) is 6.25. The second-order valence-electron chi connectivity index (χ2n) is 5.25. The summed E-state index contributed by atoms with van der Waals surface area (Å²) in [4.78, 5) is 1.97. The summed E-state index contributed by atoms with van der Waals surface area (Å²) in [5.41, 5.74) is 3.28. The predicted molar refractivity (Wildman–Crippen MR) is 102 cm³/mol. The fourth-order valence-electron chi connectivity index (χ4n) is 2.36. The topological polar surface area (TPSA) is 24.5 Å². The lowest BCUT2D eigenvalue weighted by atomic mass is 10.1. The van der Waals surface area contributed by atoms with Crippen molar-refractivity contribution in [2.24, 2.45) is 0 Å². The second-order valence-corrected chi connectivity index (χ2v) is 6.08. The number of hydrogen-bond donors (Lipinski definition) is 1. The van der Waals surface area contributed by atoms with Crippen molar-refractivity contribution in [3.05, 3.63) is 58.6 Å². The van der Waals surface area contributed by atoms with Gasteiger partial charge in [-0.25, -0.2) is 0 Å². The summed E-state index contributed by atoms with van der Waals surface area (Å²) in [6.45, 7) is 2.74. The van der Waals surface area contributed by atoms with Gasteiger partial charge in [-0.3, -0.25) is 0 Å². The largest absolute Gasteiger partial charge is 0.496 e. The first kappa shape index (κ1) is 17.6. The van der Waals surface area contributed by atoms with E-state index in [1.54, 1.807) is 7.11 Å². The Morgan fingerprint density at radius 1 is 1.22 bits per heavy atom. The summed E-state index contributed by atoms with van der Waals surface area (Å²) in [5.74, 6) is 0.804. The van der Waals surface area contributed by atoms with Crippen molar-refractivity contribution < 1.29 is 4.74 Å². The van der Waals surface area contributed by atoms with Gasteiger partial charge in [-0.05, 0) is 48.5 Å². The number of aryl methyl sites for hydroxylation is 1. The number of nitrogens with one attached hydrogen (secondary N) is 1. The number of ether oxygens (including phenoxy) is 1. The monoisotopic (exact) mass is 348 g/mol. The van der Waals surface area contributed by atoms with Crippen molar-refractivity contribution in [3.63, 3.8) is 0 Å². The number of anilines is 1. The smallest absolute Gasteiger partial charge is 0.173 e. The SMILES string of the molecule is CCc1ccccc1NC(=S)N(C)Cc1cc(Cl)ccc1OC. The molecule has 2 aromatic rings. The Bertz CT molecular complexity index is 690. The first-order valence-corrected chi connectivity index (χ1v) is 8.26. The van der Waals surface area contributed by atoms with Gasteiger partial charge in [0, 0.05) is 29.9 Å². The Morgan fingerprint density at radius 3 is 2.65 bits per heavy atom. The van der Waals surface area contributed by atoms with E-state index in [2.05, 4.69) is 18.3 Å². The van der Waals surface area contributed by atoms with Crippen LogP contribution in [0.15, 0.2) is 42.5 Å². The van der Waals surface area contributed by atoms with Gasteiger partial charge in [-0.1, -0.05) is 36.7 Å². The minimum Gasteiger partial charge on any atom is -0.496 e. The van der Waals surface area contributed by atoms with Gasteiger partial charge in [-0.15, -0.1) is 0 Å². The number of methoxy groups -OCH3 is 1. The van der Waals surface area contributed by atoms with E-state index >= 15 is 0 Å². The number of halogens is 1. The molecule has 0 fully saturated rings. The van der Waals surface area contributed by atoms with Crippen LogP contribution in [0.5, 0.6) is 5.75 Å². The molecule has 0 atom stereocenters. The van der Waals surface area contributed by atoms with E-state index in [9.17, 15) is 0 Å². The molecule has 0 saturated heterocycles. The second kappa shape index (κ2) is 8.18. The van der Waals surface area contributed by atoms with Crippen LogP contribution in [0.3, 0.4) is 0 Å². The standard InChI is InChI=1S/C18H21ClN2OS/c1-4-13-7-5-6-8-16(13)20-18(23)21(2)12-14-11-15(19)9-10-17(14)22-3/h5-11H,4,12H2,1-3H3,(H,20,23). The van der Waals surface area contributed by atoms with Crippen LogP contribution in [0.1, 0.15) is 18.1 Å². The molecule has 0 aliphatic heterocycles. The lowest BCUT2D eigenvalue weighted by Gasteiger charge is -2.23. The molecule has 0 amide bonds. The van der Waals surface area contributed by atoms with Crippen LogP contribution in [0.25, 0.3) is 0 Å². The first-order valence-electron chi connectivity index (χ1n) is 7.47. The summed E-state index contributed by atoms with van der Waals surface area (Å²) < 4.78 is 5.39. The minimum absolute atomic E-state index is 0.615. The highest BCUT2D eigenvalue weighted by molar-refractivity contribution is 7.80. The molecule has 0 aliphatic carbocycles. The minimum atomic E-state index is 0.615. The highest BCUT2D eigenvalue weighted by Crippen LogP contribution is 2.24. The van der Waals surface area contributed by atoms with E-state index in [0.717, 1.165) is 23.4 Å². The van der Waals surface area contributed by atoms with E-state index in [1.807, 2.05) is 48.3 Å². The van der Waals surface area contributed by atoms with E-state index in [0.29, 0.717) is 16.7 Å². The maximum absolute atomic E-state index is 6.08. The summed E-state index contributed by atoms with van der Waals surface area (Å²) in [6, 6.07) is 13.8. The summed E-state index contributed by atoms with van der Waals surface area (Å²) in [6.07, 6.45) is 0.956. The van der Waals surface area contributed by atoms with Crippen LogP contribution in [0.2, 0.25) is 5.02 Å². The van der Waals surface area contributed by atoms with Crippen molar-refractivity contribution in [2.45, 2.75) is 19.9 Å². The quantitative estimate of drug-likeness (QED) is 0.789. The molecular formula is C18H21ClN2OS. The molecular weight excluding hydrogens is 328 g/mol. The first-order chi connectivity index (χ1) is 11.0. The lowest BCUT2D eigenvalue weighted by Crippen LogP contribution is -2.31. The number of nitrogens with zero attached hydrogens (tertiary/aromatic N) is 1. The molecule has 0 bridgehead atoms. The highest BCUT2D eigenvalue weighted by Gasteiger charge is 2.11. The number of thiocarbonyl (C=S) groups is 1. The van der Waals surface area contributed by atoms with E-state index in [4.69, 9.17) is 28.6 Å². The van der Waals surface area contributed by atoms with Crippen molar-refractivity contribution in [3.8, 4) is 5.75 Å². The molecule has 2 rings (SSSR count). The molecule has 122 valence electrons. The van der Waals surface area contributed by atoms with E-state index in [-0.39, 0.29) is 0 Å². The highest BCUT2D eigenvalue weighted by atomic mass is 35.5. The molecule has 0 aromatic heterocycles. The Labute approximate surface area is 148 Å². The van der Waals surface area contributed by atoms with Crippen molar-refractivity contribution in [1.29, 1.82) is 0 Å². The van der Waals surface area contributed by atoms with E-state index in [1.165, 1.54) is 5.56 Å². The molecule has 0 saturated carbocycles. The van der Waals surface area contributed by atoms with E-state index < -0.39 is 0 Å². The number of rotatable bonds is 5. The van der Waals surface area contributed by atoms with Gasteiger partial charge in [0.15, 0.2) is 5.11 Å². The predicted octanol–water partition coefficient (Wildman–Crippen LogP) is 4.74.